The highest BCUT2D eigenvalue weighted by Crippen LogP contribution is 2.27. The molecule has 1 saturated heterocycles. The highest BCUT2D eigenvalue weighted by atomic mass is 16.5. The van der Waals surface area contributed by atoms with Gasteiger partial charge < -0.3 is 15.4 Å². The summed E-state index contributed by atoms with van der Waals surface area (Å²) in [6, 6.07) is 7.79. The monoisotopic (exact) mass is 234 g/mol. The number of morpholine rings is 1. The number of amides is 1. The molecule has 0 bridgehead atoms. The van der Waals surface area contributed by atoms with Crippen LogP contribution in [0.2, 0.25) is 0 Å². The summed E-state index contributed by atoms with van der Waals surface area (Å²) in [6.45, 7) is 4.78. The van der Waals surface area contributed by atoms with E-state index >= 15 is 0 Å². The molecule has 1 aliphatic rings. The highest BCUT2D eigenvalue weighted by Gasteiger charge is 2.31. The molecule has 92 valence electrons. The molecule has 0 aromatic heterocycles. The number of anilines is 1. The lowest BCUT2D eigenvalue weighted by atomic mass is 10.0. The van der Waals surface area contributed by atoms with Crippen LogP contribution in [0, 0.1) is 0 Å². The van der Waals surface area contributed by atoms with Gasteiger partial charge in [-0.2, -0.15) is 0 Å². The van der Waals surface area contributed by atoms with E-state index in [1.54, 1.807) is 0 Å². The van der Waals surface area contributed by atoms with Crippen LogP contribution in [0.15, 0.2) is 24.3 Å². The normalized spacial score (nSPS) is 21.0. The van der Waals surface area contributed by atoms with Crippen LogP contribution in [0.5, 0.6) is 0 Å². The van der Waals surface area contributed by atoms with Gasteiger partial charge in [0.15, 0.2) is 0 Å². The van der Waals surface area contributed by atoms with Gasteiger partial charge in [0.2, 0.25) is 5.91 Å². The number of benzene rings is 1. The largest absolute Gasteiger partial charge is 0.399 e. The fraction of sp³-hybridized carbons (Fsp3) is 0.462. The lowest BCUT2D eigenvalue weighted by Gasteiger charge is -2.38. The lowest BCUT2D eigenvalue weighted by Crippen LogP contribution is -2.47. The van der Waals surface area contributed by atoms with Gasteiger partial charge in [0, 0.05) is 11.7 Å². The lowest BCUT2D eigenvalue weighted by molar-refractivity contribution is -0.151. The maximum atomic E-state index is 11.9. The van der Waals surface area contributed by atoms with Crippen LogP contribution in [0.25, 0.3) is 0 Å². The van der Waals surface area contributed by atoms with Crippen molar-refractivity contribution in [2.75, 3.05) is 18.9 Å². The third-order valence-corrected chi connectivity index (χ3v) is 3.00. The first-order valence-electron chi connectivity index (χ1n) is 5.84. The van der Waals surface area contributed by atoms with Gasteiger partial charge >= 0.3 is 0 Å². The molecular formula is C13H18N2O2. The summed E-state index contributed by atoms with van der Waals surface area (Å²) in [4.78, 5) is 13.7. The summed E-state index contributed by atoms with van der Waals surface area (Å²) >= 11 is 0. The van der Waals surface area contributed by atoms with Gasteiger partial charge in [-0.3, -0.25) is 4.79 Å². The maximum absolute atomic E-state index is 11.9. The second-order valence-corrected chi connectivity index (χ2v) is 4.59. The molecule has 1 aromatic carbocycles. The molecule has 1 aliphatic heterocycles. The Balaban J connectivity index is 2.28. The van der Waals surface area contributed by atoms with Crippen molar-refractivity contribution >= 4 is 11.6 Å². The van der Waals surface area contributed by atoms with Gasteiger partial charge in [-0.1, -0.05) is 12.1 Å². The van der Waals surface area contributed by atoms with E-state index in [4.69, 9.17) is 10.5 Å². The molecule has 1 amide bonds. The molecule has 17 heavy (non-hydrogen) atoms. The van der Waals surface area contributed by atoms with E-state index in [1.165, 1.54) is 0 Å². The smallest absolute Gasteiger partial charge is 0.249 e. The molecule has 1 heterocycles. The molecule has 2 rings (SSSR count). The Kier molecular flexibility index (Phi) is 3.33. The average molecular weight is 234 g/mol. The fourth-order valence-electron chi connectivity index (χ4n) is 2.21. The Morgan fingerprint density at radius 3 is 2.59 bits per heavy atom. The summed E-state index contributed by atoms with van der Waals surface area (Å²) in [6.07, 6.45) is 0. The predicted molar refractivity (Wildman–Crippen MR) is 66.4 cm³/mol. The van der Waals surface area contributed by atoms with Crippen molar-refractivity contribution in [2.45, 2.75) is 25.9 Å². The maximum Gasteiger partial charge on any atom is 0.249 e. The Bertz CT molecular complexity index is 400. The molecule has 1 atom stereocenters. The van der Waals surface area contributed by atoms with Crippen LogP contribution in [0.3, 0.4) is 0 Å². The molecule has 1 unspecified atom stereocenters. The number of rotatable bonds is 2. The van der Waals surface area contributed by atoms with Crippen molar-refractivity contribution in [3.05, 3.63) is 29.8 Å². The van der Waals surface area contributed by atoms with Crippen molar-refractivity contribution in [2.24, 2.45) is 0 Å². The van der Waals surface area contributed by atoms with E-state index in [-0.39, 0.29) is 24.6 Å². The highest BCUT2D eigenvalue weighted by molar-refractivity contribution is 5.79. The molecule has 0 radical (unpaired) electrons. The Morgan fingerprint density at radius 2 is 2.00 bits per heavy atom. The van der Waals surface area contributed by atoms with Crippen LogP contribution in [-0.4, -0.2) is 30.1 Å². The molecule has 2 N–H and O–H groups in total. The quantitative estimate of drug-likeness (QED) is 0.790. The van der Waals surface area contributed by atoms with Gasteiger partial charge in [0.05, 0.1) is 12.6 Å². The van der Waals surface area contributed by atoms with Crippen LogP contribution in [0.4, 0.5) is 5.69 Å². The zero-order valence-electron chi connectivity index (χ0n) is 10.2. The number of nitrogens with two attached hydrogens (primary N) is 1. The number of carbonyl (C=O) groups is 1. The van der Waals surface area contributed by atoms with E-state index < -0.39 is 0 Å². The molecular weight excluding hydrogens is 216 g/mol. The predicted octanol–water partition coefficient (Wildman–Crippen LogP) is 1.58. The number of nitrogens with zero attached hydrogens (tertiary/aromatic N) is 1. The number of ether oxygens (including phenoxy) is 1. The van der Waals surface area contributed by atoms with Gasteiger partial charge in [-0.25, -0.2) is 0 Å². The zero-order valence-corrected chi connectivity index (χ0v) is 10.2. The van der Waals surface area contributed by atoms with Gasteiger partial charge in [0.25, 0.3) is 0 Å². The minimum Gasteiger partial charge on any atom is -0.399 e. The van der Waals surface area contributed by atoms with Crippen LogP contribution in [-0.2, 0) is 9.53 Å². The minimum absolute atomic E-state index is 0.00292. The van der Waals surface area contributed by atoms with E-state index in [2.05, 4.69) is 0 Å². The second-order valence-electron chi connectivity index (χ2n) is 4.59. The summed E-state index contributed by atoms with van der Waals surface area (Å²) in [5, 5.41) is 0. The summed E-state index contributed by atoms with van der Waals surface area (Å²) in [5.41, 5.74) is 7.47. The third kappa shape index (κ3) is 2.42. The SMILES string of the molecule is CC(C)N1C(=O)COCC1c1ccc(N)cc1. The van der Waals surface area contributed by atoms with Crippen molar-refractivity contribution in [1.29, 1.82) is 0 Å². The van der Waals surface area contributed by atoms with Crippen LogP contribution < -0.4 is 5.73 Å². The zero-order chi connectivity index (χ0) is 12.4. The second kappa shape index (κ2) is 4.75. The van der Waals surface area contributed by atoms with Gasteiger partial charge in [0.1, 0.15) is 6.61 Å². The Hall–Kier alpha value is -1.55. The first kappa shape index (κ1) is 11.9. The van der Waals surface area contributed by atoms with Gasteiger partial charge in [-0.15, -0.1) is 0 Å². The summed E-state index contributed by atoms with van der Waals surface area (Å²) in [7, 11) is 0. The van der Waals surface area contributed by atoms with Crippen molar-refractivity contribution in [3.8, 4) is 0 Å². The van der Waals surface area contributed by atoms with E-state index in [9.17, 15) is 4.79 Å². The number of hydrogen-bond donors (Lipinski definition) is 1. The van der Waals surface area contributed by atoms with E-state index in [1.807, 2.05) is 43.0 Å². The molecule has 1 aromatic rings. The number of hydrogen-bond acceptors (Lipinski definition) is 3. The fourth-order valence-corrected chi connectivity index (χ4v) is 2.21. The minimum atomic E-state index is -0.00292. The topological polar surface area (TPSA) is 55.6 Å². The molecule has 0 aliphatic carbocycles. The van der Waals surface area contributed by atoms with Crippen molar-refractivity contribution in [1.82, 2.24) is 4.90 Å². The van der Waals surface area contributed by atoms with Crippen LogP contribution in [0.1, 0.15) is 25.5 Å². The number of carbonyl (C=O) groups excluding carboxylic acids is 1. The molecule has 4 nitrogen and oxygen atoms in total. The van der Waals surface area contributed by atoms with Crippen LogP contribution >= 0.6 is 0 Å². The Labute approximate surface area is 101 Å². The van der Waals surface area contributed by atoms with Gasteiger partial charge in [-0.05, 0) is 31.5 Å². The average Bonchev–Trinajstić information content (AvgIpc) is 2.29. The Morgan fingerprint density at radius 1 is 1.35 bits per heavy atom. The summed E-state index contributed by atoms with van der Waals surface area (Å²) < 4.78 is 5.34. The van der Waals surface area contributed by atoms with Crippen molar-refractivity contribution < 1.29 is 9.53 Å². The van der Waals surface area contributed by atoms with Crippen molar-refractivity contribution in [3.63, 3.8) is 0 Å². The van der Waals surface area contributed by atoms with E-state index in [0.717, 1.165) is 11.3 Å². The first-order valence-corrected chi connectivity index (χ1v) is 5.84. The number of nitrogen functional groups attached to an aromatic ring is 1. The molecule has 1 fully saturated rings. The molecule has 0 spiro atoms. The summed E-state index contributed by atoms with van der Waals surface area (Å²) in [5.74, 6) is 0.0491. The first-order chi connectivity index (χ1) is 8.09. The van der Waals surface area contributed by atoms with E-state index in [0.29, 0.717) is 6.61 Å². The molecule has 4 heteroatoms. The third-order valence-electron chi connectivity index (χ3n) is 3.00. The molecule has 0 saturated carbocycles. The standard InChI is InChI=1S/C13H18N2O2/c1-9(2)15-12(7-17-8-13(15)16)10-3-5-11(14)6-4-10/h3-6,9,12H,7-8,14H2,1-2H3.